The average Bonchev–Trinajstić information content (AvgIpc) is 2.86. The minimum atomic E-state index is 0.853. The summed E-state index contributed by atoms with van der Waals surface area (Å²) < 4.78 is 0. The fraction of sp³-hybridized carbons (Fsp3) is 0.438. The molecule has 5 heteroatoms. The summed E-state index contributed by atoms with van der Waals surface area (Å²) in [6.07, 6.45) is 2.01. The minimum Gasteiger partial charge on any atom is -0.399 e. The molecule has 0 saturated carbocycles. The topological polar surface area (TPSA) is 45.4 Å². The maximum absolute atomic E-state index is 5.84. The molecular formula is C16H22N4S. The average molecular weight is 302 g/mol. The number of rotatable bonds is 4. The molecule has 1 aliphatic heterocycles. The van der Waals surface area contributed by atoms with Crippen LogP contribution in [0.5, 0.6) is 0 Å². The Morgan fingerprint density at radius 1 is 1.14 bits per heavy atom. The Balaban J connectivity index is 1.48. The van der Waals surface area contributed by atoms with E-state index in [0.29, 0.717) is 0 Å². The van der Waals surface area contributed by atoms with Crippen LogP contribution in [-0.4, -0.2) is 41.0 Å². The van der Waals surface area contributed by atoms with E-state index in [2.05, 4.69) is 33.8 Å². The van der Waals surface area contributed by atoms with Crippen LogP contribution in [0.15, 0.2) is 30.5 Å². The molecule has 21 heavy (non-hydrogen) atoms. The highest BCUT2D eigenvalue weighted by Gasteiger charge is 2.17. The fourth-order valence-corrected chi connectivity index (χ4v) is 3.59. The highest BCUT2D eigenvalue weighted by molar-refractivity contribution is 7.11. The summed E-state index contributed by atoms with van der Waals surface area (Å²) in [7, 11) is 0. The van der Waals surface area contributed by atoms with Gasteiger partial charge in [-0.2, -0.15) is 0 Å². The van der Waals surface area contributed by atoms with E-state index in [1.54, 1.807) is 11.3 Å². The van der Waals surface area contributed by atoms with Gasteiger partial charge in [0.25, 0.3) is 0 Å². The van der Waals surface area contributed by atoms with Crippen LogP contribution < -0.4 is 5.73 Å². The molecule has 2 heterocycles. The Labute approximate surface area is 130 Å². The van der Waals surface area contributed by atoms with Crippen LogP contribution in [0.4, 0.5) is 5.69 Å². The Morgan fingerprint density at radius 3 is 2.48 bits per heavy atom. The Morgan fingerprint density at radius 2 is 1.86 bits per heavy atom. The van der Waals surface area contributed by atoms with Crippen LogP contribution in [-0.2, 0) is 13.1 Å². The van der Waals surface area contributed by atoms with Crippen molar-refractivity contribution in [3.8, 4) is 0 Å². The first-order chi connectivity index (χ1) is 10.2. The van der Waals surface area contributed by atoms with Crippen LogP contribution in [0.2, 0.25) is 0 Å². The summed E-state index contributed by atoms with van der Waals surface area (Å²) in [5, 5.41) is 1.16. The lowest BCUT2D eigenvalue weighted by Crippen LogP contribution is -2.45. The maximum Gasteiger partial charge on any atom is 0.0897 e. The van der Waals surface area contributed by atoms with E-state index in [1.165, 1.54) is 10.4 Å². The third-order valence-electron chi connectivity index (χ3n) is 3.87. The van der Waals surface area contributed by atoms with Crippen molar-refractivity contribution < 1.29 is 0 Å². The molecular weight excluding hydrogens is 280 g/mol. The Bertz CT molecular complexity index is 587. The molecule has 0 amide bonds. The number of piperazine rings is 1. The monoisotopic (exact) mass is 302 g/mol. The molecule has 112 valence electrons. The van der Waals surface area contributed by atoms with E-state index >= 15 is 0 Å². The second-order valence-corrected chi connectivity index (χ2v) is 6.96. The lowest BCUT2D eigenvalue weighted by atomic mass is 10.2. The number of hydrogen-bond acceptors (Lipinski definition) is 5. The number of thiazole rings is 1. The molecule has 0 atom stereocenters. The zero-order chi connectivity index (χ0) is 14.7. The molecule has 0 spiro atoms. The predicted molar refractivity (Wildman–Crippen MR) is 88.3 cm³/mol. The number of nitrogen functional groups attached to an aromatic ring is 1. The van der Waals surface area contributed by atoms with Crippen molar-refractivity contribution in [3.63, 3.8) is 0 Å². The summed E-state index contributed by atoms with van der Waals surface area (Å²) in [6, 6.07) is 8.21. The predicted octanol–water partition coefficient (Wildman–Crippen LogP) is 2.35. The molecule has 1 saturated heterocycles. The zero-order valence-electron chi connectivity index (χ0n) is 12.5. The van der Waals surface area contributed by atoms with Gasteiger partial charge in [0.15, 0.2) is 0 Å². The third-order valence-corrected chi connectivity index (χ3v) is 4.77. The van der Waals surface area contributed by atoms with Crippen molar-refractivity contribution in [2.45, 2.75) is 20.0 Å². The van der Waals surface area contributed by atoms with Gasteiger partial charge in [-0.05, 0) is 24.6 Å². The normalized spacial score (nSPS) is 17.2. The van der Waals surface area contributed by atoms with Crippen molar-refractivity contribution >= 4 is 17.0 Å². The van der Waals surface area contributed by atoms with Crippen molar-refractivity contribution in [2.24, 2.45) is 0 Å². The molecule has 0 aliphatic carbocycles. The van der Waals surface area contributed by atoms with E-state index in [1.807, 2.05) is 18.3 Å². The number of aryl methyl sites for hydroxylation is 1. The van der Waals surface area contributed by atoms with Crippen molar-refractivity contribution in [1.29, 1.82) is 0 Å². The number of hydrogen-bond donors (Lipinski definition) is 1. The van der Waals surface area contributed by atoms with Crippen LogP contribution >= 0.6 is 11.3 Å². The Kier molecular flexibility index (Phi) is 4.53. The molecule has 3 rings (SSSR count). The first-order valence-electron chi connectivity index (χ1n) is 7.39. The second-order valence-electron chi connectivity index (χ2n) is 5.64. The lowest BCUT2D eigenvalue weighted by molar-refractivity contribution is 0.123. The minimum absolute atomic E-state index is 0.853. The van der Waals surface area contributed by atoms with E-state index in [9.17, 15) is 0 Å². The van der Waals surface area contributed by atoms with E-state index in [0.717, 1.165) is 50.0 Å². The van der Waals surface area contributed by atoms with E-state index < -0.39 is 0 Å². The number of benzene rings is 1. The summed E-state index contributed by atoms with van der Waals surface area (Å²) in [6.45, 7) is 8.59. The highest BCUT2D eigenvalue weighted by Crippen LogP contribution is 2.16. The quantitative estimate of drug-likeness (QED) is 0.881. The second kappa shape index (κ2) is 6.56. The molecule has 4 nitrogen and oxygen atoms in total. The van der Waals surface area contributed by atoms with E-state index in [-0.39, 0.29) is 0 Å². The molecule has 2 N–H and O–H groups in total. The van der Waals surface area contributed by atoms with Gasteiger partial charge in [-0.1, -0.05) is 12.1 Å². The van der Waals surface area contributed by atoms with Gasteiger partial charge >= 0.3 is 0 Å². The Hall–Kier alpha value is -1.43. The van der Waals surface area contributed by atoms with Gasteiger partial charge in [0, 0.05) is 56.0 Å². The van der Waals surface area contributed by atoms with Crippen LogP contribution in [0.1, 0.15) is 15.4 Å². The smallest absolute Gasteiger partial charge is 0.0897 e. The van der Waals surface area contributed by atoms with Gasteiger partial charge in [0.2, 0.25) is 0 Å². The SMILES string of the molecule is Cc1ncc(CN2CCN(Cc3cccc(N)c3)CC2)s1. The third kappa shape index (κ3) is 4.03. The molecule has 1 aliphatic rings. The molecule has 0 radical (unpaired) electrons. The molecule has 2 aromatic rings. The van der Waals surface area contributed by atoms with Gasteiger partial charge in [-0.15, -0.1) is 11.3 Å². The largest absolute Gasteiger partial charge is 0.399 e. The molecule has 0 unspecified atom stereocenters. The van der Waals surface area contributed by atoms with Crippen LogP contribution in [0.3, 0.4) is 0 Å². The standard InChI is InChI=1S/C16H22N4S/c1-13-18-10-16(21-13)12-20-7-5-19(6-8-20)11-14-3-2-4-15(17)9-14/h2-4,9-10H,5-8,11-12,17H2,1H3. The van der Waals surface area contributed by atoms with Gasteiger partial charge in [0.05, 0.1) is 5.01 Å². The van der Waals surface area contributed by atoms with Gasteiger partial charge < -0.3 is 5.73 Å². The first kappa shape index (κ1) is 14.5. The highest BCUT2D eigenvalue weighted by atomic mass is 32.1. The molecule has 1 fully saturated rings. The zero-order valence-corrected chi connectivity index (χ0v) is 13.3. The molecule has 1 aromatic carbocycles. The van der Waals surface area contributed by atoms with E-state index in [4.69, 9.17) is 5.73 Å². The maximum atomic E-state index is 5.84. The van der Waals surface area contributed by atoms with Gasteiger partial charge in [-0.3, -0.25) is 9.80 Å². The van der Waals surface area contributed by atoms with Crippen LogP contribution in [0.25, 0.3) is 0 Å². The summed E-state index contributed by atoms with van der Waals surface area (Å²) in [5.74, 6) is 0. The number of nitrogens with zero attached hydrogens (tertiary/aromatic N) is 3. The lowest BCUT2D eigenvalue weighted by Gasteiger charge is -2.34. The summed E-state index contributed by atoms with van der Waals surface area (Å²) in [5.41, 5.74) is 8.00. The number of aromatic nitrogens is 1. The van der Waals surface area contributed by atoms with Gasteiger partial charge in [0.1, 0.15) is 0 Å². The first-order valence-corrected chi connectivity index (χ1v) is 8.21. The van der Waals surface area contributed by atoms with Gasteiger partial charge in [-0.25, -0.2) is 4.98 Å². The van der Waals surface area contributed by atoms with Crippen molar-refractivity contribution in [3.05, 3.63) is 45.9 Å². The van der Waals surface area contributed by atoms with Crippen molar-refractivity contribution in [1.82, 2.24) is 14.8 Å². The molecule has 0 bridgehead atoms. The summed E-state index contributed by atoms with van der Waals surface area (Å²) in [4.78, 5) is 10.7. The van der Waals surface area contributed by atoms with Crippen LogP contribution in [0, 0.1) is 6.92 Å². The number of anilines is 1. The molecule has 1 aromatic heterocycles. The fourth-order valence-electron chi connectivity index (χ4n) is 2.75. The summed E-state index contributed by atoms with van der Waals surface area (Å²) >= 11 is 1.81. The number of nitrogens with two attached hydrogens (primary N) is 1. The van der Waals surface area contributed by atoms with Crippen molar-refractivity contribution in [2.75, 3.05) is 31.9 Å².